The zero-order chi connectivity index (χ0) is 68.4. The quantitative estimate of drug-likeness (QED) is 0.0311. The molecule has 0 spiro atoms. The number of hydrogen-bond acceptors (Lipinski definition) is 17. The number of ketones is 2. The lowest BCUT2D eigenvalue weighted by atomic mass is 9.78. The highest BCUT2D eigenvalue weighted by molar-refractivity contribution is 6.34. The van der Waals surface area contributed by atoms with Crippen LogP contribution in [0.25, 0.3) is 0 Å². The maximum Gasteiger partial charge on any atom is 0.328 e. The number of allylic oxidation sites excluding steroid dienone is 3. The van der Waals surface area contributed by atoms with Gasteiger partial charge in [0.05, 0.1) is 94.2 Å². The number of carbonyl (C=O) groups is 8. The van der Waals surface area contributed by atoms with Gasteiger partial charge < -0.3 is 62.6 Å². The van der Waals surface area contributed by atoms with E-state index in [0.29, 0.717) is 95.7 Å². The van der Waals surface area contributed by atoms with Crippen LogP contribution in [0.1, 0.15) is 139 Å². The molecule has 0 aromatic heterocycles. The molecule has 4 bridgehead atoms. The van der Waals surface area contributed by atoms with Crippen molar-refractivity contribution in [3.8, 4) is 11.8 Å². The molecule has 3 saturated heterocycles. The second-order valence-electron chi connectivity index (χ2n) is 25.6. The number of epoxide rings is 1. The normalized spacial score (nSPS) is 24.6. The molecule has 0 saturated carbocycles. The Bertz CT molecular complexity index is 3380. The molecule has 0 radical (unpaired) electrons. The third kappa shape index (κ3) is 19.8. The van der Waals surface area contributed by atoms with E-state index in [4.69, 9.17) is 49.5 Å². The highest BCUT2D eigenvalue weighted by Gasteiger charge is 2.64. The van der Waals surface area contributed by atoms with Crippen LogP contribution in [0, 0.1) is 24.7 Å². The molecule has 5 heterocycles. The predicted molar refractivity (Wildman–Crippen MR) is 355 cm³/mol. The van der Waals surface area contributed by atoms with Gasteiger partial charge in [0, 0.05) is 96.3 Å². The average Bonchev–Trinajstić information content (AvgIpc) is 1.58. The summed E-state index contributed by atoms with van der Waals surface area (Å²) >= 11 is 6.86. The van der Waals surface area contributed by atoms with Gasteiger partial charge in [0.2, 0.25) is 23.6 Å². The van der Waals surface area contributed by atoms with Gasteiger partial charge in [-0.1, -0.05) is 90.6 Å². The van der Waals surface area contributed by atoms with Gasteiger partial charge in [-0.25, -0.2) is 4.79 Å². The number of Topliss-reactive ketones (excluding diaryl/α,β-unsaturated/α-hetero) is 2. The van der Waals surface area contributed by atoms with Crippen molar-refractivity contribution in [2.24, 2.45) is 5.92 Å². The third-order valence-electron chi connectivity index (χ3n) is 18.6. The van der Waals surface area contributed by atoms with E-state index in [1.54, 1.807) is 35.9 Å². The van der Waals surface area contributed by atoms with Crippen molar-refractivity contribution < 1.29 is 81.4 Å². The van der Waals surface area contributed by atoms with Gasteiger partial charge in [-0.2, -0.15) is 0 Å². The summed E-state index contributed by atoms with van der Waals surface area (Å²) < 4.78 is 46.6. The van der Waals surface area contributed by atoms with Crippen molar-refractivity contribution >= 4 is 70.1 Å². The average molecular weight is 1330 g/mol. The second-order valence-corrected chi connectivity index (χ2v) is 26.0. The number of aryl methyl sites for hydroxylation is 1. The fraction of sp³-hybridized carbons (Fsp3) is 0.562. The van der Waals surface area contributed by atoms with Gasteiger partial charge >= 0.3 is 11.9 Å². The number of para-hydroxylation sites is 1. The number of halogens is 1. The minimum atomic E-state index is -1.62. The van der Waals surface area contributed by atoms with Crippen LogP contribution < -0.4 is 9.80 Å². The number of likely N-dealkylation sites (tertiary alicyclic amines) is 1. The van der Waals surface area contributed by atoms with Crippen LogP contribution in [0.2, 0.25) is 5.02 Å². The lowest BCUT2D eigenvalue weighted by molar-refractivity contribution is -0.187. The maximum atomic E-state index is 14.4. The lowest BCUT2D eigenvalue weighted by Gasteiger charge is -2.41. The number of rotatable bonds is 28. The molecular weight excluding hydrogens is 1240 g/mol. The summed E-state index contributed by atoms with van der Waals surface area (Å²) in [4.78, 5) is 114. The molecule has 22 heteroatoms. The second kappa shape index (κ2) is 34.7. The van der Waals surface area contributed by atoms with Crippen LogP contribution in [0.15, 0.2) is 84.5 Å². The zero-order valence-electron chi connectivity index (χ0n) is 56.2. The molecular formula is C73H93ClN4O17. The van der Waals surface area contributed by atoms with Crippen LogP contribution in [0.3, 0.4) is 0 Å². The first-order valence-corrected chi connectivity index (χ1v) is 33.5. The highest BCUT2D eigenvalue weighted by atomic mass is 35.5. The highest BCUT2D eigenvalue weighted by Crippen LogP contribution is 2.50. The van der Waals surface area contributed by atoms with Gasteiger partial charge in [0.1, 0.15) is 41.3 Å². The number of nitrogens with zero attached hydrogens (tertiary/aromatic N) is 4. The molecule has 3 fully saturated rings. The number of likely N-dealkylation sites (N-methyl/N-ethyl adjacent to an activating group) is 1. The Labute approximate surface area is 563 Å². The molecule has 3 aromatic carbocycles. The van der Waals surface area contributed by atoms with E-state index >= 15 is 0 Å². The van der Waals surface area contributed by atoms with Crippen molar-refractivity contribution in [1.82, 2.24) is 9.80 Å². The van der Waals surface area contributed by atoms with Gasteiger partial charge in [-0.15, -0.1) is 0 Å². The van der Waals surface area contributed by atoms with Crippen molar-refractivity contribution in [2.45, 2.75) is 179 Å². The fourth-order valence-electron chi connectivity index (χ4n) is 12.8. The first kappa shape index (κ1) is 73.7. The molecule has 5 aliphatic rings. The summed E-state index contributed by atoms with van der Waals surface area (Å²) in [6.07, 6.45) is 4.16. The van der Waals surface area contributed by atoms with Crippen LogP contribution in [-0.2, 0) is 89.2 Å². The number of benzene rings is 3. The Morgan fingerprint density at radius 1 is 0.821 bits per heavy atom. The number of fused-ring (bicyclic) bond motifs is 7. The first-order chi connectivity index (χ1) is 45.5. The minimum absolute atomic E-state index is 0.0203. The summed E-state index contributed by atoms with van der Waals surface area (Å²) in [5.74, 6) is 3.12. The van der Waals surface area contributed by atoms with Crippen molar-refractivity contribution in [2.75, 3.05) is 90.4 Å². The molecule has 3 aromatic rings. The van der Waals surface area contributed by atoms with E-state index in [-0.39, 0.29) is 94.2 Å². The van der Waals surface area contributed by atoms with Crippen LogP contribution >= 0.6 is 11.6 Å². The maximum absolute atomic E-state index is 14.4. The zero-order valence-corrected chi connectivity index (χ0v) is 56.9. The molecule has 5 aliphatic heterocycles. The van der Waals surface area contributed by atoms with Crippen LogP contribution in [-0.4, -0.2) is 190 Å². The third-order valence-corrected chi connectivity index (χ3v) is 19.1. The van der Waals surface area contributed by atoms with Crippen molar-refractivity contribution in [1.29, 1.82) is 0 Å². The molecule has 0 aliphatic carbocycles. The largest absolute Gasteiger partial charge is 0.462 e. The van der Waals surface area contributed by atoms with Gasteiger partial charge in [-0.05, 0) is 101 Å². The van der Waals surface area contributed by atoms with E-state index in [1.807, 2.05) is 87.5 Å². The SMILES string of the molecule is CO[C@@H]1/C=C/C=C(\C)Cc2cc(C)c(Cl)c(c2)N(C)C(=O)C[C@H](OC(=O)[C@H](C)N(C)C(=O)CCCC(=O)N2CCC[C@@H]2C(=O)CCCOCCOCCOCCOCCC(=O)CCC(=O)N2Cc3ccccc3C#Cc3ccccc32)[C@]2(C)O[C@H]2[C@H](C)[C@@H]2C[C@@]1(O)CC(=O)O2. The molecule has 21 nitrogen and oxygen atoms in total. The van der Waals surface area contributed by atoms with Gasteiger partial charge in [-0.3, -0.25) is 33.6 Å². The van der Waals surface area contributed by atoms with Crippen molar-refractivity contribution in [3.05, 3.63) is 117 Å². The number of carbonyl (C=O) groups excluding carboxylic acids is 8. The number of aliphatic hydroxyl groups is 1. The molecule has 8 rings (SSSR count). The standard InChI is InChI=1S/C73H93ClN4O17/c1-48-17-13-24-62(88-8)73(87)45-61(93-68(85)46-73)50(3)70-72(5,95-70)63(44-67(84)76(7)59-43-52(41-48)42-49(2)69(59)74)94-71(86)51(4)75(6)64(81)25-14-26-65(82)77-32-15-22-58(77)60(80)23-16-33-89-35-37-91-39-40-92-38-36-90-34-31-56(79)29-30-66(83)78-47-55-20-10-9-18-53(55)27-28-54-19-11-12-21-57(54)78/h9-13,17-21,24,42-43,50-51,58,61-63,70,87H,14-16,22-23,25-26,29-41,44-47H2,1-8H3/b24-13+,48-17+/t50-,51+,58-,61+,62-,63+,70+,72+,73-/m1/s1. The molecule has 9 atom stereocenters. The fourth-order valence-corrected chi connectivity index (χ4v) is 13.0. The number of esters is 2. The molecule has 0 unspecified atom stereocenters. The molecule has 4 amide bonds. The number of anilines is 2. The van der Waals surface area contributed by atoms with E-state index in [2.05, 4.69) is 11.8 Å². The number of amides is 4. The predicted octanol–water partition coefficient (Wildman–Crippen LogP) is 8.33. The van der Waals surface area contributed by atoms with E-state index < -0.39 is 77.4 Å². The summed E-state index contributed by atoms with van der Waals surface area (Å²) in [6.45, 7) is 12.2. The number of ether oxygens (including phenoxy) is 8. The Morgan fingerprint density at radius 2 is 1.49 bits per heavy atom. The summed E-state index contributed by atoms with van der Waals surface area (Å²) in [7, 11) is 4.53. The number of methoxy groups -OCH3 is 1. The number of hydrogen-bond donors (Lipinski definition) is 1. The summed E-state index contributed by atoms with van der Waals surface area (Å²) in [5.41, 5.74) is 3.49. The van der Waals surface area contributed by atoms with Crippen molar-refractivity contribution in [3.63, 3.8) is 0 Å². The Hall–Kier alpha value is -7.13. The van der Waals surface area contributed by atoms with E-state index in [0.717, 1.165) is 39.1 Å². The summed E-state index contributed by atoms with van der Waals surface area (Å²) in [5, 5.41) is 12.4. The Balaban J connectivity index is 0.704. The Kier molecular flexibility index (Phi) is 26.9. The summed E-state index contributed by atoms with van der Waals surface area (Å²) in [6, 6.07) is 17.4. The topological polar surface area (TPSA) is 247 Å². The van der Waals surface area contributed by atoms with Gasteiger partial charge in [0.15, 0.2) is 5.78 Å². The van der Waals surface area contributed by atoms with Crippen LogP contribution in [0.4, 0.5) is 11.4 Å². The van der Waals surface area contributed by atoms with E-state index in [9.17, 15) is 43.5 Å². The minimum Gasteiger partial charge on any atom is -0.462 e. The smallest absolute Gasteiger partial charge is 0.328 e. The first-order valence-electron chi connectivity index (χ1n) is 33.1. The van der Waals surface area contributed by atoms with E-state index in [1.165, 1.54) is 30.9 Å². The monoisotopic (exact) mass is 1330 g/mol. The molecule has 514 valence electrons. The molecule has 1 N–H and O–H groups in total. The van der Waals surface area contributed by atoms with Gasteiger partial charge in [0.25, 0.3) is 0 Å². The lowest BCUT2D eigenvalue weighted by Crippen LogP contribution is -2.53. The van der Waals surface area contributed by atoms with Crippen LogP contribution in [0.5, 0.6) is 0 Å². The molecule has 95 heavy (non-hydrogen) atoms. The Morgan fingerprint density at radius 3 is 2.22 bits per heavy atom.